The van der Waals surface area contributed by atoms with Gasteiger partial charge in [0.05, 0.1) is 27.9 Å². The number of halogens is 1. The molecule has 0 spiro atoms. The number of methoxy groups -OCH3 is 1. The number of phenolic OH excluding ortho intramolecular Hbond substituents is 1. The maximum Gasteiger partial charge on any atom is 0.271 e. The number of rotatable bonds is 4. The molecule has 0 bridgehead atoms. The van der Waals surface area contributed by atoms with Crippen molar-refractivity contribution in [3.63, 3.8) is 0 Å². The van der Waals surface area contributed by atoms with Crippen LogP contribution in [0, 0.1) is 13.8 Å². The number of nitrogens with zero attached hydrogens (tertiary/aromatic N) is 2. The number of anilines is 1. The summed E-state index contributed by atoms with van der Waals surface area (Å²) < 4.78 is 5.73. The maximum atomic E-state index is 13.5. The van der Waals surface area contributed by atoms with E-state index < -0.39 is 0 Å². The highest BCUT2D eigenvalue weighted by Gasteiger charge is 2.35. The number of carbonyl (C=O) groups is 1. The van der Waals surface area contributed by atoms with Crippen LogP contribution in [0.15, 0.2) is 75.0 Å². The summed E-state index contributed by atoms with van der Waals surface area (Å²) in [5.41, 5.74) is 4.43. The van der Waals surface area contributed by atoms with Crippen LogP contribution in [-0.4, -0.2) is 23.3 Å². The van der Waals surface area contributed by atoms with Crippen LogP contribution in [0.4, 0.5) is 11.4 Å². The average molecular weight is 509 g/mol. The molecule has 3 aromatic rings. The number of carbonyl (C=O) groups excluding carboxylic acids is 1. The molecule has 0 radical (unpaired) electrons. The van der Waals surface area contributed by atoms with E-state index in [1.54, 1.807) is 23.1 Å². The summed E-state index contributed by atoms with van der Waals surface area (Å²) in [5, 5.41) is 10.7. The molecule has 0 saturated carbocycles. The SMILES string of the molecule is COc1cc(C=C2SC(=Nc3c(C)cccc3C)N(c3ccccc3)C2=O)cc(Br)c1O. The summed E-state index contributed by atoms with van der Waals surface area (Å²) in [5.74, 6) is 0.184. The summed E-state index contributed by atoms with van der Waals surface area (Å²) >= 11 is 4.66. The topological polar surface area (TPSA) is 62.1 Å². The predicted octanol–water partition coefficient (Wildman–Crippen LogP) is 6.59. The molecule has 4 rings (SSSR count). The molecule has 32 heavy (non-hydrogen) atoms. The third-order valence-electron chi connectivity index (χ3n) is 5.04. The smallest absolute Gasteiger partial charge is 0.271 e. The zero-order valence-electron chi connectivity index (χ0n) is 17.8. The molecule has 0 aliphatic carbocycles. The highest BCUT2D eigenvalue weighted by Crippen LogP contribution is 2.40. The van der Waals surface area contributed by atoms with Crippen LogP contribution in [0.2, 0.25) is 0 Å². The van der Waals surface area contributed by atoms with Crippen molar-refractivity contribution < 1.29 is 14.6 Å². The summed E-state index contributed by atoms with van der Waals surface area (Å²) in [6, 6.07) is 18.9. The van der Waals surface area contributed by atoms with Crippen molar-refractivity contribution in [3.8, 4) is 11.5 Å². The van der Waals surface area contributed by atoms with Gasteiger partial charge in [-0.05, 0) is 88.6 Å². The lowest BCUT2D eigenvalue weighted by Gasteiger charge is -2.16. The number of benzene rings is 3. The van der Waals surface area contributed by atoms with E-state index in [9.17, 15) is 9.90 Å². The van der Waals surface area contributed by atoms with Crippen LogP contribution in [0.1, 0.15) is 16.7 Å². The van der Waals surface area contributed by atoms with Gasteiger partial charge >= 0.3 is 0 Å². The molecule has 1 aliphatic rings. The fourth-order valence-electron chi connectivity index (χ4n) is 3.42. The Morgan fingerprint density at radius 3 is 2.41 bits per heavy atom. The monoisotopic (exact) mass is 508 g/mol. The molecule has 1 fully saturated rings. The number of hydrogen-bond acceptors (Lipinski definition) is 5. The van der Waals surface area contributed by atoms with E-state index >= 15 is 0 Å². The highest BCUT2D eigenvalue weighted by atomic mass is 79.9. The Balaban J connectivity index is 1.82. The lowest BCUT2D eigenvalue weighted by molar-refractivity contribution is -0.113. The Morgan fingerprint density at radius 1 is 1.06 bits per heavy atom. The molecule has 1 saturated heterocycles. The van der Waals surface area contributed by atoms with Crippen molar-refractivity contribution in [1.82, 2.24) is 0 Å². The second kappa shape index (κ2) is 9.22. The summed E-state index contributed by atoms with van der Waals surface area (Å²) in [6.07, 6.45) is 1.78. The fraction of sp³-hybridized carbons (Fsp3) is 0.120. The van der Waals surface area contributed by atoms with Crippen LogP contribution in [0.5, 0.6) is 11.5 Å². The van der Waals surface area contributed by atoms with Gasteiger partial charge in [-0.25, -0.2) is 4.99 Å². The van der Waals surface area contributed by atoms with E-state index in [0.717, 1.165) is 28.1 Å². The number of amides is 1. The molecule has 0 aromatic heterocycles. The van der Waals surface area contributed by atoms with Crippen molar-refractivity contribution in [1.29, 1.82) is 0 Å². The lowest BCUT2D eigenvalue weighted by Crippen LogP contribution is -2.28. The summed E-state index contributed by atoms with van der Waals surface area (Å²) in [7, 11) is 1.49. The van der Waals surface area contributed by atoms with Crippen molar-refractivity contribution in [3.05, 3.63) is 86.7 Å². The number of ether oxygens (including phenoxy) is 1. The number of aryl methyl sites for hydroxylation is 2. The van der Waals surface area contributed by atoms with Crippen LogP contribution in [0.3, 0.4) is 0 Å². The quantitative estimate of drug-likeness (QED) is 0.403. The van der Waals surface area contributed by atoms with E-state index in [1.165, 1.54) is 18.9 Å². The van der Waals surface area contributed by atoms with Gasteiger partial charge in [-0.2, -0.15) is 0 Å². The normalized spacial score (nSPS) is 16.2. The molecular weight excluding hydrogens is 488 g/mol. The molecule has 0 atom stereocenters. The standard InChI is InChI=1S/C25H21BrN2O3S/c1-15-8-7-9-16(2)22(15)27-25-28(18-10-5-4-6-11-18)24(30)21(32-25)14-17-12-19(26)23(29)20(13-17)31-3/h4-14,29H,1-3H3. The van der Waals surface area contributed by atoms with Gasteiger partial charge in [-0.3, -0.25) is 9.69 Å². The molecule has 162 valence electrons. The van der Waals surface area contributed by atoms with Crippen molar-refractivity contribution in [2.45, 2.75) is 13.8 Å². The van der Waals surface area contributed by atoms with E-state index in [-0.39, 0.29) is 11.7 Å². The van der Waals surface area contributed by atoms with E-state index in [4.69, 9.17) is 9.73 Å². The highest BCUT2D eigenvalue weighted by molar-refractivity contribution is 9.10. The van der Waals surface area contributed by atoms with E-state index in [2.05, 4.69) is 15.9 Å². The first-order chi connectivity index (χ1) is 15.4. The lowest BCUT2D eigenvalue weighted by atomic mass is 10.1. The van der Waals surface area contributed by atoms with Gasteiger partial charge in [0.15, 0.2) is 16.7 Å². The van der Waals surface area contributed by atoms with Crippen molar-refractivity contribution >= 4 is 56.2 Å². The first-order valence-electron chi connectivity index (χ1n) is 9.89. The molecular formula is C25H21BrN2O3S. The van der Waals surface area contributed by atoms with Gasteiger partial charge in [0, 0.05) is 0 Å². The summed E-state index contributed by atoms with van der Waals surface area (Å²) in [4.78, 5) is 20.5. The largest absolute Gasteiger partial charge is 0.503 e. The Hall–Kier alpha value is -3.03. The first-order valence-corrected chi connectivity index (χ1v) is 11.5. The number of phenols is 1. The molecule has 5 nitrogen and oxygen atoms in total. The van der Waals surface area contributed by atoms with Gasteiger partial charge in [0.25, 0.3) is 5.91 Å². The Kier molecular flexibility index (Phi) is 6.39. The van der Waals surface area contributed by atoms with Gasteiger partial charge in [-0.1, -0.05) is 36.4 Å². The zero-order chi connectivity index (χ0) is 22.8. The minimum absolute atomic E-state index is 0.0169. The number of thioether (sulfide) groups is 1. The van der Waals surface area contributed by atoms with Crippen molar-refractivity contribution in [2.75, 3.05) is 12.0 Å². The molecule has 1 amide bonds. The Morgan fingerprint density at radius 2 is 1.75 bits per heavy atom. The third-order valence-corrected chi connectivity index (χ3v) is 6.61. The van der Waals surface area contributed by atoms with E-state index in [1.807, 2.05) is 62.4 Å². The predicted molar refractivity (Wildman–Crippen MR) is 135 cm³/mol. The van der Waals surface area contributed by atoms with Gasteiger partial charge in [-0.15, -0.1) is 0 Å². The second-order valence-corrected chi connectivity index (χ2v) is 9.14. The minimum atomic E-state index is -0.158. The van der Waals surface area contributed by atoms with Crippen LogP contribution >= 0.6 is 27.7 Å². The fourth-order valence-corrected chi connectivity index (χ4v) is 4.86. The van der Waals surface area contributed by atoms with Gasteiger partial charge in [0.1, 0.15) is 0 Å². The summed E-state index contributed by atoms with van der Waals surface area (Å²) in [6.45, 7) is 4.02. The molecule has 7 heteroatoms. The first kappa shape index (κ1) is 22.2. The number of aliphatic imine (C=N–C) groups is 1. The second-order valence-electron chi connectivity index (χ2n) is 7.28. The Labute approximate surface area is 199 Å². The van der Waals surface area contributed by atoms with Gasteiger partial charge in [0.2, 0.25) is 0 Å². The number of hydrogen-bond donors (Lipinski definition) is 1. The zero-order valence-corrected chi connectivity index (χ0v) is 20.2. The van der Waals surface area contributed by atoms with Crippen LogP contribution in [0.25, 0.3) is 6.08 Å². The number of para-hydroxylation sites is 2. The van der Waals surface area contributed by atoms with Gasteiger partial charge < -0.3 is 9.84 Å². The number of aromatic hydroxyl groups is 1. The van der Waals surface area contributed by atoms with Crippen LogP contribution < -0.4 is 9.64 Å². The molecule has 1 heterocycles. The van der Waals surface area contributed by atoms with Crippen LogP contribution in [-0.2, 0) is 4.79 Å². The molecule has 1 N–H and O–H groups in total. The minimum Gasteiger partial charge on any atom is -0.503 e. The van der Waals surface area contributed by atoms with Crippen molar-refractivity contribution in [2.24, 2.45) is 4.99 Å². The molecule has 1 aliphatic heterocycles. The molecule has 3 aromatic carbocycles. The Bertz CT molecular complexity index is 1240. The van der Waals surface area contributed by atoms with E-state index in [0.29, 0.717) is 20.3 Å². The maximum absolute atomic E-state index is 13.5. The number of amidine groups is 1. The third kappa shape index (κ3) is 4.31. The molecule has 0 unspecified atom stereocenters. The average Bonchev–Trinajstić information content (AvgIpc) is 3.08.